The van der Waals surface area contributed by atoms with E-state index in [-0.39, 0.29) is 24.3 Å². The van der Waals surface area contributed by atoms with Gasteiger partial charge >= 0.3 is 5.97 Å². The number of rotatable bonds is 7. The van der Waals surface area contributed by atoms with Gasteiger partial charge in [0.05, 0.1) is 24.9 Å². The third-order valence-corrected chi connectivity index (χ3v) is 6.72. The molecule has 178 valence electrons. The second kappa shape index (κ2) is 10.4. The van der Waals surface area contributed by atoms with Crippen molar-refractivity contribution in [2.75, 3.05) is 13.7 Å². The number of carbonyl (C=O) groups excluding carboxylic acids is 2. The van der Waals surface area contributed by atoms with Crippen molar-refractivity contribution in [1.82, 2.24) is 20.0 Å². The number of esters is 1. The Morgan fingerprint density at radius 2 is 1.82 bits per heavy atom. The average Bonchev–Trinajstić information content (AvgIpc) is 3.35. The lowest BCUT2D eigenvalue weighted by Crippen LogP contribution is -2.38. The molecule has 1 aliphatic heterocycles. The Morgan fingerprint density at radius 1 is 1.12 bits per heavy atom. The molecular weight excluding hydrogens is 452 g/mol. The van der Waals surface area contributed by atoms with Crippen LogP contribution in [0.4, 0.5) is 0 Å². The van der Waals surface area contributed by atoms with Gasteiger partial charge in [-0.05, 0) is 44.0 Å². The van der Waals surface area contributed by atoms with Crippen LogP contribution in [0, 0.1) is 13.8 Å². The number of nitrogens with zero attached hydrogens (tertiary/aromatic N) is 3. The predicted molar refractivity (Wildman–Crippen MR) is 131 cm³/mol. The molecule has 0 unspecified atom stereocenters. The van der Waals surface area contributed by atoms with Gasteiger partial charge in [0.25, 0.3) is 0 Å². The summed E-state index contributed by atoms with van der Waals surface area (Å²) in [5.74, 6) is -0.397. The second-order valence-electron chi connectivity index (χ2n) is 8.63. The third kappa shape index (κ3) is 5.16. The topological polar surface area (TPSA) is 76.5 Å². The van der Waals surface area contributed by atoms with Gasteiger partial charge in [-0.2, -0.15) is 5.10 Å². The number of hydrogen-bond donors (Lipinski definition) is 1. The molecule has 2 atom stereocenters. The van der Waals surface area contributed by atoms with Gasteiger partial charge in [-0.25, -0.2) is 4.68 Å². The van der Waals surface area contributed by atoms with Crippen LogP contribution in [0.25, 0.3) is 5.69 Å². The van der Waals surface area contributed by atoms with Crippen LogP contribution in [0.2, 0.25) is 5.02 Å². The standard InChI is InChI=1S/C26H29ClN4O3/c1-17-22(18(2)31(29-17)21-10-5-4-6-11-21)14-25(32)28-20-13-24(26(33)34-3)30(16-20)15-19-9-7-8-12-23(19)27/h4-12,20,24H,13-16H2,1-3H3,(H,28,32)/t20-,24+/m1/s1. The lowest BCUT2D eigenvalue weighted by atomic mass is 10.1. The fourth-order valence-corrected chi connectivity index (χ4v) is 4.80. The van der Waals surface area contributed by atoms with Gasteiger partial charge < -0.3 is 10.1 Å². The van der Waals surface area contributed by atoms with Crippen molar-refractivity contribution in [3.8, 4) is 5.69 Å². The summed E-state index contributed by atoms with van der Waals surface area (Å²) < 4.78 is 6.89. The van der Waals surface area contributed by atoms with Crippen LogP contribution in [-0.4, -0.2) is 52.3 Å². The highest BCUT2D eigenvalue weighted by Crippen LogP contribution is 2.25. The van der Waals surface area contributed by atoms with E-state index in [0.717, 1.165) is 28.2 Å². The minimum absolute atomic E-state index is 0.0907. The first-order valence-electron chi connectivity index (χ1n) is 11.3. The van der Waals surface area contributed by atoms with E-state index >= 15 is 0 Å². The fraction of sp³-hybridized carbons (Fsp3) is 0.346. The van der Waals surface area contributed by atoms with Crippen molar-refractivity contribution in [2.24, 2.45) is 0 Å². The normalized spacial score (nSPS) is 18.1. The summed E-state index contributed by atoms with van der Waals surface area (Å²) in [7, 11) is 1.39. The maximum Gasteiger partial charge on any atom is 0.323 e. The quantitative estimate of drug-likeness (QED) is 0.523. The summed E-state index contributed by atoms with van der Waals surface area (Å²) in [4.78, 5) is 27.4. The smallest absolute Gasteiger partial charge is 0.323 e. The second-order valence-corrected chi connectivity index (χ2v) is 9.04. The van der Waals surface area contributed by atoms with Crippen LogP contribution in [0.5, 0.6) is 0 Å². The first-order valence-corrected chi connectivity index (χ1v) is 11.7. The van der Waals surface area contributed by atoms with Gasteiger partial charge in [0.1, 0.15) is 6.04 Å². The number of aromatic nitrogens is 2. The van der Waals surface area contributed by atoms with E-state index in [1.807, 2.05) is 78.0 Å². The largest absolute Gasteiger partial charge is 0.468 e. The van der Waals surface area contributed by atoms with E-state index in [4.69, 9.17) is 16.3 Å². The molecule has 2 aromatic carbocycles. The summed E-state index contributed by atoms with van der Waals surface area (Å²) in [6.07, 6.45) is 0.721. The van der Waals surface area contributed by atoms with Gasteiger partial charge in [-0.1, -0.05) is 48.0 Å². The predicted octanol–water partition coefficient (Wildman–Crippen LogP) is 3.62. The zero-order chi connectivity index (χ0) is 24.2. The summed E-state index contributed by atoms with van der Waals surface area (Å²) in [5.41, 5.74) is 4.58. The van der Waals surface area contributed by atoms with Gasteiger partial charge in [-0.15, -0.1) is 0 Å². The van der Waals surface area contributed by atoms with E-state index in [9.17, 15) is 9.59 Å². The van der Waals surface area contributed by atoms with Gasteiger partial charge in [0.2, 0.25) is 5.91 Å². The minimum Gasteiger partial charge on any atom is -0.468 e. The molecule has 0 aliphatic carbocycles. The van der Waals surface area contributed by atoms with E-state index < -0.39 is 6.04 Å². The van der Waals surface area contributed by atoms with Crippen molar-refractivity contribution in [1.29, 1.82) is 0 Å². The minimum atomic E-state index is -0.434. The van der Waals surface area contributed by atoms with Gasteiger partial charge in [0, 0.05) is 35.4 Å². The third-order valence-electron chi connectivity index (χ3n) is 6.35. The van der Waals surface area contributed by atoms with Crippen LogP contribution in [0.3, 0.4) is 0 Å². The number of hydrogen-bond acceptors (Lipinski definition) is 5. The van der Waals surface area contributed by atoms with Crippen molar-refractivity contribution in [3.05, 3.63) is 82.1 Å². The molecule has 3 aromatic rings. The molecule has 0 spiro atoms. The highest BCUT2D eigenvalue weighted by molar-refractivity contribution is 6.31. The summed E-state index contributed by atoms with van der Waals surface area (Å²) >= 11 is 6.33. The molecule has 1 aliphatic rings. The lowest BCUT2D eigenvalue weighted by Gasteiger charge is -2.22. The monoisotopic (exact) mass is 480 g/mol. The molecule has 1 amide bonds. The molecule has 34 heavy (non-hydrogen) atoms. The maximum atomic E-state index is 13.0. The highest BCUT2D eigenvalue weighted by Gasteiger charge is 2.38. The first kappa shape index (κ1) is 24.0. The van der Waals surface area contributed by atoms with Crippen LogP contribution in [0.15, 0.2) is 54.6 Å². The molecule has 0 bridgehead atoms. The Hall–Kier alpha value is -3.16. The van der Waals surface area contributed by atoms with Gasteiger partial charge in [-0.3, -0.25) is 14.5 Å². The van der Waals surface area contributed by atoms with Crippen LogP contribution in [-0.2, 0) is 27.3 Å². The lowest BCUT2D eigenvalue weighted by molar-refractivity contribution is -0.146. The SMILES string of the molecule is COC(=O)[C@@H]1C[C@@H](NC(=O)Cc2c(C)nn(-c3ccccc3)c2C)CN1Cc1ccccc1Cl. The van der Waals surface area contributed by atoms with Crippen molar-refractivity contribution >= 4 is 23.5 Å². The van der Waals surface area contributed by atoms with Crippen molar-refractivity contribution in [2.45, 2.75) is 45.3 Å². The van der Waals surface area contributed by atoms with E-state index in [1.54, 1.807) is 0 Å². The number of aryl methyl sites for hydroxylation is 1. The number of carbonyl (C=O) groups is 2. The fourth-order valence-electron chi connectivity index (χ4n) is 4.60. The number of para-hydroxylation sites is 1. The zero-order valence-electron chi connectivity index (χ0n) is 19.6. The maximum absolute atomic E-state index is 13.0. The molecule has 1 saturated heterocycles. The highest BCUT2D eigenvalue weighted by atomic mass is 35.5. The molecule has 4 rings (SSSR count). The van der Waals surface area contributed by atoms with Crippen LogP contribution < -0.4 is 5.32 Å². The summed E-state index contributed by atoms with van der Waals surface area (Å²) in [6.45, 7) is 4.94. The van der Waals surface area contributed by atoms with Crippen LogP contribution in [0.1, 0.15) is 28.9 Å². The molecule has 0 saturated carbocycles. The Labute approximate surface area is 204 Å². The Morgan fingerprint density at radius 3 is 2.53 bits per heavy atom. The Kier molecular flexibility index (Phi) is 7.34. The number of benzene rings is 2. The molecule has 1 aromatic heterocycles. The number of halogens is 1. The molecule has 7 nitrogen and oxygen atoms in total. The summed E-state index contributed by atoms with van der Waals surface area (Å²) in [5, 5.41) is 8.40. The van der Waals surface area contributed by atoms with E-state index in [1.165, 1.54) is 7.11 Å². The molecule has 1 fully saturated rings. The van der Waals surface area contributed by atoms with Crippen molar-refractivity contribution < 1.29 is 14.3 Å². The molecule has 0 radical (unpaired) electrons. The van der Waals surface area contributed by atoms with E-state index in [0.29, 0.717) is 24.5 Å². The average molecular weight is 481 g/mol. The van der Waals surface area contributed by atoms with Crippen LogP contribution >= 0.6 is 11.6 Å². The molecule has 1 N–H and O–H groups in total. The number of methoxy groups -OCH3 is 1. The number of likely N-dealkylation sites (tertiary alicyclic amines) is 1. The van der Waals surface area contributed by atoms with Gasteiger partial charge in [0.15, 0.2) is 0 Å². The summed E-state index contributed by atoms with van der Waals surface area (Å²) in [6, 6.07) is 16.8. The Bertz CT molecular complexity index is 1180. The number of nitrogens with one attached hydrogen (secondary N) is 1. The molecule has 2 heterocycles. The number of amides is 1. The van der Waals surface area contributed by atoms with E-state index in [2.05, 4.69) is 10.4 Å². The molecular formula is C26H29ClN4O3. The molecule has 8 heteroatoms. The zero-order valence-corrected chi connectivity index (χ0v) is 20.4. The first-order chi connectivity index (χ1) is 16.4. The Balaban J connectivity index is 1.44. The number of ether oxygens (including phenoxy) is 1. The van der Waals surface area contributed by atoms with Crippen molar-refractivity contribution in [3.63, 3.8) is 0 Å².